The number of hydrogen-bond acceptors (Lipinski definition) is 4. The fraction of sp³-hybridized carbons (Fsp3) is 0.364. The smallest absolute Gasteiger partial charge is 0.282 e. The van der Waals surface area contributed by atoms with Crippen LogP contribution < -0.4 is 10.4 Å². The van der Waals surface area contributed by atoms with Gasteiger partial charge in [0.2, 0.25) is 0 Å². The van der Waals surface area contributed by atoms with Gasteiger partial charge in [0, 0.05) is 28.5 Å². The molecule has 158 valence electrons. The standard InChI is InChI=1S/C22H23BrCl2N4O/c1-14-20(22(30)27-28-11-3-2-4-12-28)26-29(19-10-9-17(24)13-18(19)25)21(14)15-5-7-16(23)8-6-15/h5-10,13-14,21H,2-4,11-12H2,1H3,(H,27,30)/t14-,21+/m1/s1. The maximum Gasteiger partial charge on any atom is 0.282 e. The number of nitrogens with zero attached hydrogens (tertiary/aromatic N) is 3. The van der Waals surface area contributed by atoms with E-state index >= 15 is 0 Å². The number of piperidine rings is 1. The van der Waals surface area contributed by atoms with Crippen molar-refractivity contribution in [1.29, 1.82) is 0 Å². The van der Waals surface area contributed by atoms with E-state index in [1.165, 1.54) is 6.42 Å². The lowest BCUT2D eigenvalue weighted by molar-refractivity contribution is -0.120. The van der Waals surface area contributed by atoms with E-state index in [-0.39, 0.29) is 17.9 Å². The topological polar surface area (TPSA) is 47.9 Å². The highest BCUT2D eigenvalue weighted by Crippen LogP contribution is 2.42. The van der Waals surface area contributed by atoms with Gasteiger partial charge in [0.1, 0.15) is 5.71 Å². The Hall–Kier alpha value is -1.60. The molecule has 2 aromatic carbocycles. The molecule has 0 aromatic heterocycles. The van der Waals surface area contributed by atoms with Crippen molar-refractivity contribution in [3.05, 3.63) is 62.5 Å². The summed E-state index contributed by atoms with van der Waals surface area (Å²) in [6, 6.07) is 13.3. The van der Waals surface area contributed by atoms with Crippen LogP contribution in [0.5, 0.6) is 0 Å². The summed E-state index contributed by atoms with van der Waals surface area (Å²) >= 11 is 16.1. The van der Waals surface area contributed by atoms with Crippen LogP contribution >= 0.6 is 39.1 Å². The molecule has 2 aliphatic heterocycles. The molecule has 1 saturated heterocycles. The van der Waals surface area contributed by atoms with Gasteiger partial charge < -0.3 is 0 Å². The maximum absolute atomic E-state index is 13.1. The lowest BCUT2D eigenvalue weighted by atomic mass is 9.91. The first-order valence-corrected chi connectivity index (χ1v) is 11.6. The summed E-state index contributed by atoms with van der Waals surface area (Å²) in [5.41, 5.74) is 5.32. The van der Waals surface area contributed by atoms with Crippen LogP contribution in [0.1, 0.15) is 37.8 Å². The second kappa shape index (κ2) is 9.27. The third-order valence-corrected chi connectivity index (χ3v) is 6.67. The zero-order valence-electron chi connectivity index (χ0n) is 16.6. The molecule has 2 aromatic rings. The third kappa shape index (κ3) is 4.52. The molecule has 2 atom stereocenters. The predicted octanol–water partition coefficient (Wildman–Crippen LogP) is 5.83. The number of rotatable bonds is 4. The quantitative estimate of drug-likeness (QED) is 0.564. The molecule has 4 rings (SSSR count). The number of hydrazone groups is 1. The lowest BCUT2D eigenvalue weighted by Gasteiger charge is -2.28. The van der Waals surface area contributed by atoms with Crippen LogP contribution in [0.2, 0.25) is 10.0 Å². The van der Waals surface area contributed by atoms with Crippen LogP contribution in [0.3, 0.4) is 0 Å². The first-order valence-electron chi connectivity index (χ1n) is 10.1. The summed E-state index contributed by atoms with van der Waals surface area (Å²) in [6.07, 6.45) is 3.39. The molecule has 5 nitrogen and oxygen atoms in total. The fourth-order valence-corrected chi connectivity index (χ4v) is 4.81. The Morgan fingerprint density at radius 3 is 2.47 bits per heavy atom. The molecular weight excluding hydrogens is 487 g/mol. The zero-order chi connectivity index (χ0) is 21.3. The molecule has 30 heavy (non-hydrogen) atoms. The Morgan fingerprint density at radius 2 is 1.80 bits per heavy atom. The number of halogens is 3. The molecule has 1 amide bonds. The van der Waals surface area contributed by atoms with Gasteiger partial charge in [-0.25, -0.2) is 5.01 Å². The van der Waals surface area contributed by atoms with Gasteiger partial charge in [-0.1, -0.05) is 64.6 Å². The lowest BCUT2D eigenvalue weighted by Crippen LogP contribution is -2.48. The Balaban J connectivity index is 1.68. The summed E-state index contributed by atoms with van der Waals surface area (Å²) in [6.45, 7) is 3.78. The average Bonchev–Trinajstić information content (AvgIpc) is 3.06. The molecule has 0 unspecified atom stereocenters. The van der Waals surface area contributed by atoms with Crippen LogP contribution in [0, 0.1) is 5.92 Å². The maximum atomic E-state index is 13.1. The van der Waals surface area contributed by atoms with Crippen molar-refractivity contribution in [3.8, 4) is 0 Å². The van der Waals surface area contributed by atoms with Crippen molar-refractivity contribution in [2.75, 3.05) is 18.1 Å². The molecule has 0 radical (unpaired) electrons. The summed E-state index contributed by atoms with van der Waals surface area (Å²) in [7, 11) is 0. The van der Waals surface area contributed by atoms with Crippen molar-refractivity contribution in [2.24, 2.45) is 11.0 Å². The summed E-state index contributed by atoms with van der Waals surface area (Å²) in [4.78, 5) is 13.1. The van der Waals surface area contributed by atoms with Gasteiger partial charge in [-0.15, -0.1) is 0 Å². The molecule has 0 aliphatic carbocycles. The van der Waals surface area contributed by atoms with Crippen molar-refractivity contribution < 1.29 is 4.79 Å². The number of nitrogens with one attached hydrogen (secondary N) is 1. The molecule has 0 spiro atoms. The fourth-order valence-electron chi connectivity index (χ4n) is 4.05. The van der Waals surface area contributed by atoms with E-state index in [2.05, 4.69) is 21.4 Å². The number of anilines is 1. The van der Waals surface area contributed by atoms with E-state index in [0.29, 0.717) is 15.8 Å². The van der Waals surface area contributed by atoms with Gasteiger partial charge in [-0.05, 0) is 48.7 Å². The van der Waals surface area contributed by atoms with Gasteiger partial charge in [0.25, 0.3) is 5.91 Å². The Labute approximate surface area is 195 Å². The molecule has 1 fully saturated rings. The van der Waals surface area contributed by atoms with Crippen molar-refractivity contribution in [1.82, 2.24) is 10.4 Å². The van der Waals surface area contributed by atoms with Crippen LogP contribution in [0.15, 0.2) is 52.0 Å². The monoisotopic (exact) mass is 508 g/mol. The molecule has 0 bridgehead atoms. The van der Waals surface area contributed by atoms with Gasteiger partial charge in [-0.2, -0.15) is 5.10 Å². The minimum absolute atomic E-state index is 0.122. The van der Waals surface area contributed by atoms with E-state index in [1.807, 2.05) is 47.3 Å². The molecule has 8 heteroatoms. The number of benzene rings is 2. The molecular formula is C22H23BrCl2N4O. The summed E-state index contributed by atoms with van der Waals surface area (Å²) in [5.74, 6) is -0.276. The van der Waals surface area contributed by atoms with Crippen molar-refractivity contribution >= 4 is 56.4 Å². The Morgan fingerprint density at radius 1 is 1.10 bits per heavy atom. The molecule has 1 N–H and O–H groups in total. The second-order valence-corrected chi connectivity index (χ2v) is 9.46. The van der Waals surface area contributed by atoms with Gasteiger partial charge in [-0.3, -0.25) is 15.2 Å². The first-order chi connectivity index (χ1) is 14.4. The Kier molecular flexibility index (Phi) is 6.68. The number of amides is 1. The molecule has 2 heterocycles. The largest absolute Gasteiger partial charge is 0.284 e. The van der Waals surface area contributed by atoms with Crippen LogP contribution in [0.4, 0.5) is 5.69 Å². The second-order valence-electron chi connectivity index (χ2n) is 7.70. The first kappa shape index (κ1) is 21.6. The summed E-state index contributed by atoms with van der Waals surface area (Å²) in [5, 5.41) is 9.64. The number of hydrogen-bond donors (Lipinski definition) is 1. The minimum atomic E-state index is -0.154. The third-order valence-electron chi connectivity index (χ3n) is 5.60. The van der Waals surface area contributed by atoms with Gasteiger partial charge in [0.15, 0.2) is 0 Å². The van der Waals surface area contributed by atoms with Crippen LogP contribution in [-0.4, -0.2) is 29.7 Å². The van der Waals surface area contributed by atoms with E-state index in [1.54, 1.807) is 12.1 Å². The highest BCUT2D eigenvalue weighted by atomic mass is 79.9. The average molecular weight is 510 g/mol. The van der Waals surface area contributed by atoms with Crippen LogP contribution in [0.25, 0.3) is 0 Å². The minimum Gasteiger partial charge on any atom is -0.284 e. The molecule has 0 saturated carbocycles. The number of carbonyl (C=O) groups is 1. The van der Waals surface area contributed by atoms with Gasteiger partial charge >= 0.3 is 0 Å². The van der Waals surface area contributed by atoms with E-state index in [0.717, 1.165) is 41.7 Å². The van der Waals surface area contributed by atoms with E-state index in [9.17, 15) is 4.79 Å². The Bertz CT molecular complexity index is 960. The zero-order valence-corrected chi connectivity index (χ0v) is 19.7. The highest BCUT2D eigenvalue weighted by molar-refractivity contribution is 9.10. The summed E-state index contributed by atoms with van der Waals surface area (Å²) < 4.78 is 0.997. The van der Waals surface area contributed by atoms with Crippen molar-refractivity contribution in [2.45, 2.75) is 32.2 Å². The van der Waals surface area contributed by atoms with E-state index in [4.69, 9.17) is 28.3 Å². The van der Waals surface area contributed by atoms with E-state index < -0.39 is 0 Å². The number of hydrazine groups is 1. The number of carbonyl (C=O) groups excluding carboxylic acids is 1. The molecule has 2 aliphatic rings. The van der Waals surface area contributed by atoms with Crippen LogP contribution in [-0.2, 0) is 4.79 Å². The SMILES string of the molecule is C[C@@H]1C(C(=O)NN2CCCCC2)=NN(c2ccc(Cl)cc2Cl)[C@@H]1c1ccc(Br)cc1. The van der Waals surface area contributed by atoms with Crippen molar-refractivity contribution in [3.63, 3.8) is 0 Å². The highest BCUT2D eigenvalue weighted by Gasteiger charge is 2.40. The predicted molar refractivity (Wildman–Crippen MR) is 126 cm³/mol. The van der Waals surface area contributed by atoms with Gasteiger partial charge in [0.05, 0.1) is 16.8 Å². The normalized spacial score (nSPS) is 22.1.